The van der Waals surface area contributed by atoms with Crippen LogP contribution in [0.25, 0.3) is 0 Å². The van der Waals surface area contributed by atoms with Crippen LogP contribution in [0.5, 0.6) is 0 Å². The monoisotopic (exact) mass is 374 g/mol. The van der Waals surface area contributed by atoms with Crippen molar-refractivity contribution in [1.82, 2.24) is 14.7 Å². The van der Waals surface area contributed by atoms with E-state index in [0.717, 1.165) is 18.7 Å². The Labute approximate surface area is 161 Å². The molecule has 1 aliphatic rings. The lowest BCUT2D eigenvalue weighted by Crippen LogP contribution is -2.51. The summed E-state index contributed by atoms with van der Waals surface area (Å²) in [5.74, 6) is -0.0660. The molecular weight excluding hydrogens is 344 g/mol. The van der Waals surface area contributed by atoms with Gasteiger partial charge in [0.05, 0.1) is 6.54 Å². The maximum atomic E-state index is 12.8. The van der Waals surface area contributed by atoms with Gasteiger partial charge in [0.15, 0.2) is 0 Å². The highest BCUT2D eigenvalue weighted by atomic mass is 16.2. The molecule has 1 heterocycles. The second kappa shape index (κ2) is 9.50. The minimum Gasteiger partial charge on any atom is -0.342 e. The summed E-state index contributed by atoms with van der Waals surface area (Å²) in [6, 6.07) is 5.37. The number of piperazine rings is 1. The summed E-state index contributed by atoms with van der Waals surface area (Å²) >= 11 is 0. The van der Waals surface area contributed by atoms with E-state index >= 15 is 0 Å². The van der Waals surface area contributed by atoms with Crippen molar-refractivity contribution in [2.45, 2.75) is 27.7 Å². The first-order chi connectivity index (χ1) is 12.8. The fourth-order valence-corrected chi connectivity index (χ4v) is 3.24. The third kappa shape index (κ3) is 5.53. The number of hydrogen-bond acceptors (Lipinski definition) is 4. The molecule has 27 heavy (non-hydrogen) atoms. The number of hydrogen-bond donors (Lipinski definition) is 1. The van der Waals surface area contributed by atoms with Gasteiger partial charge in [0.25, 0.3) is 5.91 Å². The van der Waals surface area contributed by atoms with Crippen molar-refractivity contribution in [3.63, 3.8) is 0 Å². The second-order valence-electron chi connectivity index (χ2n) is 6.85. The molecule has 0 unspecified atom stereocenters. The van der Waals surface area contributed by atoms with E-state index < -0.39 is 0 Å². The average molecular weight is 374 g/mol. The van der Waals surface area contributed by atoms with Crippen LogP contribution in [0.2, 0.25) is 0 Å². The third-order valence-electron chi connectivity index (χ3n) is 4.93. The first-order valence-corrected chi connectivity index (χ1v) is 9.53. The minimum absolute atomic E-state index is 0.0451. The van der Waals surface area contributed by atoms with E-state index in [0.29, 0.717) is 44.0 Å². The Bertz CT molecular complexity index is 692. The lowest BCUT2D eigenvalue weighted by Gasteiger charge is -2.35. The van der Waals surface area contributed by atoms with Gasteiger partial charge in [-0.1, -0.05) is 6.07 Å². The Kier molecular flexibility index (Phi) is 7.36. The predicted octanol–water partition coefficient (Wildman–Crippen LogP) is 1.58. The van der Waals surface area contributed by atoms with Crippen molar-refractivity contribution in [2.24, 2.45) is 0 Å². The molecule has 7 heteroatoms. The Morgan fingerprint density at radius 3 is 2.26 bits per heavy atom. The second-order valence-corrected chi connectivity index (χ2v) is 6.85. The fourth-order valence-electron chi connectivity index (χ4n) is 3.24. The maximum absolute atomic E-state index is 12.8. The number of likely N-dealkylation sites (N-methyl/N-ethyl adjacent to an activating group) is 1. The van der Waals surface area contributed by atoms with E-state index in [1.165, 1.54) is 6.92 Å². The molecule has 3 amide bonds. The normalized spacial score (nSPS) is 14.7. The number of carbonyl (C=O) groups excluding carboxylic acids is 3. The van der Waals surface area contributed by atoms with Crippen molar-refractivity contribution >= 4 is 23.4 Å². The molecule has 148 valence electrons. The van der Waals surface area contributed by atoms with E-state index in [1.54, 1.807) is 17.0 Å². The standard InChI is InChI=1S/C20H30N4O3/c1-5-23(6-2)19(26)14-22-9-11-24(12-10-22)20(27)17-8-7-15(3)18(13-17)21-16(4)25/h7-8,13H,5-6,9-12,14H2,1-4H3,(H,21,25). The highest BCUT2D eigenvalue weighted by Gasteiger charge is 2.24. The molecule has 0 saturated carbocycles. The SMILES string of the molecule is CCN(CC)C(=O)CN1CCN(C(=O)c2ccc(C)c(NC(C)=O)c2)CC1. The zero-order chi connectivity index (χ0) is 20.0. The largest absolute Gasteiger partial charge is 0.342 e. The third-order valence-corrected chi connectivity index (χ3v) is 4.93. The number of benzene rings is 1. The summed E-state index contributed by atoms with van der Waals surface area (Å²) in [4.78, 5) is 42.1. The van der Waals surface area contributed by atoms with Crippen LogP contribution in [0.15, 0.2) is 18.2 Å². The fraction of sp³-hybridized carbons (Fsp3) is 0.550. The van der Waals surface area contributed by atoms with Gasteiger partial charge in [-0.3, -0.25) is 19.3 Å². The summed E-state index contributed by atoms with van der Waals surface area (Å²) < 4.78 is 0. The zero-order valence-electron chi connectivity index (χ0n) is 16.7. The molecule has 7 nitrogen and oxygen atoms in total. The molecule has 0 radical (unpaired) electrons. The van der Waals surface area contributed by atoms with E-state index in [2.05, 4.69) is 10.2 Å². The van der Waals surface area contributed by atoms with Gasteiger partial charge in [-0.05, 0) is 38.5 Å². The molecule has 2 rings (SSSR count). The molecule has 1 N–H and O–H groups in total. The van der Waals surface area contributed by atoms with Gasteiger partial charge in [0, 0.05) is 57.4 Å². The Morgan fingerprint density at radius 2 is 1.70 bits per heavy atom. The topological polar surface area (TPSA) is 73.0 Å². The van der Waals surface area contributed by atoms with Crippen LogP contribution in [-0.4, -0.2) is 78.2 Å². The van der Waals surface area contributed by atoms with Crippen LogP contribution >= 0.6 is 0 Å². The Balaban J connectivity index is 1.95. The van der Waals surface area contributed by atoms with E-state index in [4.69, 9.17) is 0 Å². The summed E-state index contributed by atoms with van der Waals surface area (Å²) in [5.41, 5.74) is 2.15. The van der Waals surface area contributed by atoms with E-state index in [-0.39, 0.29) is 17.7 Å². The lowest BCUT2D eigenvalue weighted by atomic mass is 10.1. The van der Waals surface area contributed by atoms with Gasteiger partial charge in [0.2, 0.25) is 11.8 Å². The molecule has 0 aliphatic carbocycles. The number of carbonyl (C=O) groups is 3. The quantitative estimate of drug-likeness (QED) is 0.821. The molecule has 0 bridgehead atoms. The van der Waals surface area contributed by atoms with E-state index in [9.17, 15) is 14.4 Å². The summed E-state index contributed by atoms with van der Waals surface area (Å²) in [7, 11) is 0. The molecule has 1 saturated heterocycles. The van der Waals surface area contributed by atoms with Gasteiger partial charge in [-0.15, -0.1) is 0 Å². The lowest BCUT2D eigenvalue weighted by molar-refractivity contribution is -0.132. The van der Waals surface area contributed by atoms with Crippen LogP contribution < -0.4 is 5.32 Å². The minimum atomic E-state index is -0.158. The maximum Gasteiger partial charge on any atom is 0.254 e. The van der Waals surface area contributed by atoms with Crippen molar-refractivity contribution in [2.75, 3.05) is 51.1 Å². The molecule has 1 aromatic rings. The number of nitrogens with one attached hydrogen (secondary N) is 1. The molecule has 0 spiro atoms. The average Bonchev–Trinajstić information content (AvgIpc) is 2.64. The van der Waals surface area contributed by atoms with Crippen LogP contribution in [0.1, 0.15) is 36.7 Å². The van der Waals surface area contributed by atoms with Gasteiger partial charge in [0.1, 0.15) is 0 Å². The van der Waals surface area contributed by atoms with Gasteiger partial charge >= 0.3 is 0 Å². The van der Waals surface area contributed by atoms with Crippen LogP contribution in [0.3, 0.4) is 0 Å². The molecule has 0 atom stereocenters. The number of amides is 3. The number of nitrogens with zero attached hydrogens (tertiary/aromatic N) is 3. The highest BCUT2D eigenvalue weighted by Crippen LogP contribution is 2.19. The number of aryl methyl sites for hydroxylation is 1. The number of rotatable bonds is 6. The molecule has 0 aromatic heterocycles. The smallest absolute Gasteiger partial charge is 0.254 e. The van der Waals surface area contributed by atoms with Crippen LogP contribution in [-0.2, 0) is 9.59 Å². The Hall–Kier alpha value is -2.41. The van der Waals surface area contributed by atoms with Gasteiger partial charge < -0.3 is 15.1 Å². The first kappa shape index (κ1) is 20.9. The summed E-state index contributed by atoms with van der Waals surface area (Å²) in [6.45, 7) is 11.7. The molecular formula is C20H30N4O3. The van der Waals surface area contributed by atoms with Crippen LogP contribution in [0, 0.1) is 6.92 Å². The van der Waals surface area contributed by atoms with Crippen molar-refractivity contribution < 1.29 is 14.4 Å². The predicted molar refractivity (Wildman–Crippen MR) is 106 cm³/mol. The van der Waals surface area contributed by atoms with Crippen molar-refractivity contribution in [3.05, 3.63) is 29.3 Å². The van der Waals surface area contributed by atoms with Crippen LogP contribution in [0.4, 0.5) is 5.69 Å². The number of anilines is 1. The van der Waals surface area contributed by atoms with Gasteiger partial charge in [-0.2, -0.15) is 0 Å². The first-order valence-electron chi connectivity index (χ1n) is 9.53. The molecule has 1 aromatic carbocycles. The highest BCUT2D eigenvalue weighted by molar-refractivity contribution is 5.97. The van der Waals surface area contributed by atoms with Crippen molar-refractivity contribution in [3.8, 4) is 0 Å². The van der Waals surface area contributed by atoms with Gasteiger partial charge in [-0.25, -0.2) is 0 Å². The molecule has 1 aliphatic heterocycles. The molecule has 1 fully saturated rings. The van der Waals surface area contributed by atoms with Crippen molar-refractivity contribution in [1.29, 1.82) is 0 Å². The van der Waals surface area contributed by atoms with E-state index in [1.807, 2.05) is 31.7 Å². The Morgan fingerprint density at radius 1 is 1.07 bits per heavy atom. The zero-order valence-corrected chi connectivity index (χ0v) is 16.7. The summed E-state index contributed by atoms with van der Waals surface area (Å²) in [5, 5.41) is 2.76. The summed E-state index contributed by atoms with van der Waals surface area (Å²) in [6.07, 6.45) is 0.